The predicted octanol–water partition coefficient (Wildman–Crippen LogP) is 4.85. The first-order valence-electron chi connectivity index (χ1n) is 14.0. The molecule has 0 aromatic carbocycles. The molecule has 0 amide bonds. The molecular formula is C28H40F3N5O4. The predicted molar refractivity (Wildman–Crippen MR) is 143 cm³/mol. The molecule has 4 heterocycles. The normalized spacial score (nSPS) is 17.9. The number of carboxylic acid groups (broad SMARTS) is 1. The molecule has 2 aromatic rings. The topological polar surface area (TPSA) is 110 Å². The first kappa shape index (κ1) is 31.7. The van der Waals surface area contributed by atoms with Gasteiger partial charge in [-0.2, -0.15) is 13.2 Å². The van der Waals surface area contributed by atoms with Crippen LogP contribution in [0.1, 0.15) is 80.8 Å². The fraction of sp³-hybridized carbons (Fsp3) is 0.643. The highest BCUT2D eigenvalue weighted by atomic mass is 19.4. The van der Waals surface area contributed by atoms with Crippen molar-refractivity contribution >= 4 is 5.97 Å². The number of rotatable bonds is 13. The summed E-state index contributed by atoms with van der Waals surface area (Å²) in [6, 6.07) is 3.40. The minimum Gasteiger partial charge on any atom is -0.481 e. The van der Waals surface area contributed by atoms with Gasteiger partial charge >= 0.3 is 12.1 Å². The average molecular weight is 568 g/mol. The summed E-state index contributed by atoms with van der Waals surface area (Å²) in [5, 5.41) is 12.2. The molecule has 2 aliphatic rings. The number of nitrogens with zero attached hydrogens (tertiary/aromatic N) is 4. The molecule has 4 rings (SSSR count). The Bertz CT molecular complexity index is 1020. The van der Waals surface area contributed by atoms with Crippen LogP contribution in [0.5, 0.6) is 5.88 Å². The average Bonchev–Trinajstić information content (AvgIpc) is 3.39. The zero-order valence-electron chi connectivity index (χ0n) is 23.0. The van der Waals surface area contributed by atoms with E-state index in [9.17, 15) is 18.0 Å². The summed E-state index contributed by atoms with van der Waals surface area (Å²) in [4.78, 5) is 23.9. The number of hydrogen-bond donors (Lipinski definition) is 2. The molecule has 9 nitrogen and oxygen atoms in total. The Hall–Kier alpha value is -2.83. The Labute approximate surface area is 233 Å². The molecular weight excluding hydrogens is 527 g/mol. The third-order valence-corrected chi connectivity index (χ3v) is 6.95. The Kier molecular flexibility index (Phi) is 13.0. The molecule has 40 heavy (non-hydrogen) atoms. The molecule has 2 atom stereocenters. The number of halogens is 3. The van der Waals surface area contributed by atoms with Crippen molar-refractivity contribution < 1.29 is 32.5 Å². The number of carbonyl (C=O) groups is 1. The van der Waals surface area contributed by atoms with Gasteiger partial charge in [0.2, 0.25) is 11.7 Å². The zero-order chi connectivity index (χ0) is 28.8. The van der Waals surface area contributed by atoms with Gasteiger partial charge in [0.05, 0.1) is 19.3 Å². The van der Waals surface area contributed by atoms with E-state index in [4.69, 9.17) is 14.6 Å². The van der Waals surface area contributed by atoms with Crippen LogP contribution in [0.15, 0.2) is 30.7 Å². The van der Waals surface area contributed by atoms with E-state index in [2.05, 4.69) is 32.1 Å². The lowest BCUT2D eigenvalue weighted by Gasteiger charge is -2.34. The van der Waals surface area contributed by atoms with Crippen LogP contribution >= 0.6 is 0 Å². The van der Waals surface area contributed by atoms with Crippen molar-refractivity contribution in [1.29, 1.82) is 0 Å². The van der Waals surface area contributed by atoms with E-state index >= 15 is 0 Å². The highest BCUT2D eigenvalue weighted by molar-refractivity contribution is 5.78. The third-order valence-electron chi connectivity index (χ3n) is 6.95. The number of pyridine rings is 1. The first-order chi connectivity index (χ1) is 19.3. The molecule has 2 N–H and O–H groups in total. The lowest BCUT2D eigenvalue weighted by atomic mass is 10.0. The second kappa shape index (κ2) is 16.4. The number of aromatic nitrogens is 3. The van der Waals surface area contributed by atoms with E-state index in [0.717, 1.165) is 26.1 Å². The monoisotopic (exact) mass is 567 g/mol. The van der Waals surface area contributed by atoms with E-state index in [1.165, 1.54) is 50.9 Å². The van der Waals surface area contributed by atoms with Crippen LogP contribution < -0.4 is 10.1 Å². The Balaban J connectivity index is 0.000000302. The summed E-state index contributed by atoms with van der Waals surface area (Å²) in [5.41, 5.74) is 1.38. The second-order valence-corrected chi connectivity index (χ2v) is 9.93. The molecule has 0 aliphatic carbocycles. The summed E-state index contributed by atoms with van der Waals surface area (Å²) in [6.45, 7) is 6.78. The number of unbranched alkanes of at least 4 members (excludes halogenated alkanes) is 6. The van der Waals surface area contributed by atoms with Crippen LogP contribution in [0.2, 0.25) is 0 Å². The molecule has 12 heteroatoms. The molecule has 0 bridgehead atoms. The number of carboxylic acids is 1. The smallest absolute Gasteiger partial charge is 0.451 e. The molecule has 0 saturated carbocycles. The molecule has 2 aromatic heterocycles. The number of aliphatic carboxylic acids is 1. The van der Waals surface area contributed by atoms with Crippen molar-refractivity contribution in [1.82, 2.24) is 25.2 Å². The fourth-order valence-electron chi connectivity index (χ4n) is 4.69. The molecule has 0 unspecified atom stereocenters. The van der Waals surface area contributed by atoms with Crippen molar-refractivity contribution in [3.8, 4) is 5.88 Å². The Morgan fingerprint density at radius 2 is 1.77 bits per heavy atom. The van der Waals surface area contributed by atoms with Crippen molar-refractivity contribution in [3.05, 3.63) is 47.7 Å². The maximum Gasteiger partial charge on any atom is 0.451 e. The summed E-state index contributed by atoms with van der Waals surface area (Å²) in [5.74, 6) is -2.05. The maximum absolute atomic E-state index is 12.7. The maximum atomic E-state index is 12.7. The minimum absolute atomic E-state index is 0.0456. The van der Waals surface area contributed by atoms with E-state index in [1.807, 2.05) is 0 Å². The van der Waals surface area contributed by atoms with E-state index < -0.39 is 23.9 Å². The van der Waals surface area contributed by atoms with E-state index in [1.54, 1.807) is 18.3 Å². The van der Waals surface area contributed by atoms with Crippen molar-refractivity contribution in [3.63, 3.8) is 0 Å². The van der Waals surface area contributed by atoms with Gasteiger partial charge in [0.1, 0.15) is 12.5 Å². The summed E-state index contributed by atoms with van der Waals surface area (Å²) < 4.78 is 48.7. The lowest BCUT2D eigenvalue weighted by molar-refractivity contribution is -0.145. The van der Waals surface area contributed by atoms with E-state index in [-0.39, 0.29) is 12.6 Å². The van der Waals surface area contributed by atoms with E-state index in [0.29, 0.717) is 36.8 Å². The van der Waals surface area contributed by atoms with Gasteiger partial charge in [-0.15, -0.1) is 0 Å². The van der Waals surface area contributed by atoms with Gasteiger partial charge in [-0.1, -0.05) is 51.5 Å². The van der Waals surface area contributed by atoms with Crippen LogP contribution in [0.4, 0.5) is 13.2 Å². The number of alkyl halides is 3. The molecule has 222 valence electrons. The quantitative estimate of drug-likeness (QED) is 0.328. The number of nitrogens with one attached hydrogen (secondary N) is 1. The van der Waals surface area contributed by atoms with Crippen molar-refractivity contribution in [2.45, 2.75) is 70.0 Å². The second-order valence-electron chi connectivity index (χ2n) is 9.93. The summed E-state index contributed by atoms with van der Waals surface area (Å²) in [6.07, 6.45) is 8.48. The Morgan fingerprint density at radius 3 is 2.42 bits per heavy atom. The Morgan fingerprint density at radius 1 is 1.10 bits per heavy atom. The SMILES string of the molecule is CCCCCCCCCNC[C@H](c1cnc(C(F)(F)F)nc1)N1CCOCC1.O=C(O)[C@@H]1COc2ncccc21. The summed E-state index contributed by atoms with van der Waals surface area (Å²) >= 11 is 0. The minimum atomic E-state index is -4.51. The number of ether oxygens (including phenoxy) is 2. The standard InChI is InChI=1S/C20H33F3N4O.C8H7NO3/c1-2-3-4-5-6-7-8-9-24-16-18(27-10-12-28-13-11-27)17-14-25-19(26-15-17)20(21,22)23;10-8(11)6-4-12-7-5(6)2-1-3-9-7/h14-15,18,24H,2-13,16H2,1H3;1-3,6H,4H2,(H,10,11)/t18-;6-/m11/s1. The van der Waals surface area contributed by atoms with Gasteiger partial charge in [-0.25, -0.2) is 15.0 Å². The van der Waals surface area contributed by atoms with Crippen LogP contribution in [-0.4, -0.2) is 76.9 Å². The summed E-state index contributed by atoms with van der Waals surface area (Å²) in [7, 11) is 0. The van der Waals surface area contributed by atoms with Crippen LogP contribution in [-0.2, 0) is 15.7 Å². The number of hydrogen-bond acceptors (Lipinski definition) is 8. The highest BCUT2D eigenvalue weighted by Crippen LogP contribution is 2.31. The molecule has 0 radical (unpaired) electrons. The van der Waals surface area contributed by atoms with Gasteiger partial charge in [0, 0.05) is 49.4 Å². The van der Waals surface area contributed by atoms with Crippen LogP contribution in [0, 0.1) is 0 Å². The largest absolute Gasteiger partial charge is 0.481 e. The van der Waals surface area contributed by atoms with Gasteiger partial charge in [0.25, 0.3) is 0 Å². The van der Waals surface area contributed by atoms with Gasteiger partial charge < -0.3 is 19.9 Å². The van der Waals surface area contributed by atoms with Crippen molar-refractivity contribution in [2.24, 2.45) is 0 Å². The third kappa shape index (κ3) is 9.97. The lowest BCUT2D eigenvalue weighted by Crippen LogP contribution is -2.43. The van der Waals surface area contributed by atoms with Gasteiger partial charge in [-0.05, 0) is 19.0 Å². The highest BCUT2D eigenvalue weighted by Gasteiger charge is 2.35. The molecule has 0 spiro atoms. The zero-order valence-corrected chi connectivity index (χ0v) is 23.0. The molecule has 1 saturated heterocycles. The van der Waals surface area contributed by atoms with Crippen LogP contribution in [0.3, 0.4) is 0 Å². The van der Waals surface area contributed by atoms with Crippen molar-refractivity contribution in [2.75, 3.05) is 46.0 Å². The van der Waals surface area contributed by atoms with Crippen LogP contribution in [0.25, 0.3) is 0 Å². The fourth-order valence-corrected chi connectivity index (χ4v) is 4.69. The molecule has 1 fully saturated rings. The first-order valence-corrected chi connectivity index (χ1v) is 14.0. The van der Waals surface area contributed by atoms with Gasteiger partial charge in [0.15, 0.2) is 0 Å². The van der Waals surface area contributed by atoms with Gasteiger partial charge in [-0.3, -0.25) is 9.69 Å². The number of fused-ring (bicyclic) bond motifs is 1. The molecule has 2 aliphatic heterocycles. The number of morpholine rings is 1.